The Labute approximate surface area is 235 Å². The molecule has 0 aliphatic carbocycles. The highest BCUT2D eigenvalue weighted by atomic mass is 32.1. The van der Waals surface area contributed by atoms with Crippen LogP contribution in [-0.4, -0.2) is 80.0 Å². The number of carboxylic acid groups (broad SMARTS) is 1. The summed E-state index contributed by atoms with van der Waals surface area (Å²) in [5.41, 5.74) is 8.39. The highest BCUT2D eigenvalue weighted by Gasteiger charge is 2.31. The first kappa shape index (κ1) is 30.5. The number of phenolic OH excluding ortho intramolecular Hbond substituents is 1. The summed E-state index contributed by atoms with van der Waals surface area (Å²) in [6, 6.07) is 8.60. The van der Waals surface area contributed by atoms with Gasteiger partial charge in [-0.15, -0.1) is 0 Å². The zero-order valence-electron chi connectivity index (χ0n) is 21.7. The second kappa shape index (κ2) is 13.8. The van der Waals surface area contributed by atoms with Gasteiger partial charge < -0.3 is 42.0 Å². The molecule has 3 rings (SSSR count). The van der Waals surface area contributed by atoms with Gasteiger partial charge in [0.25, 0.3) is 0 Å². The number of carboxylic acids is 1. The molecule has 5 unspecified atom stereocenters. The summed E-state index contributed by atoms with van der Waals surface area (Å²) in [7, 11) is 0. The second-order valence-corrected chi connectivity index (χ2v) is 9.78. The van der Waals surface area contributed by atoms with Crippen molar-refractivity contribution in [2.75, 3.05) is 5.75 Å². The quantitative estimate of drug-likeness (QED) is 0.126. The van der Waals surface area contributed by atoms with Gasteiger partial charge in [0, 0.05) is 29.3 Å². The maximum absolute atomic E-state index is 13.4. The number of aromatic nitrogens is 1. The second-order valence-electron chi connectivity index (χ2n) is 9.41. The molecular weight excluding hydrogens is 538 g/mol. The van der Waals surface area contributed by atoms with Gasteiger partial charge in [0.15, 0.2) is 6.04 Å². The Morgan fingerprint density at radius 1 is 0.925 bits per heavy atom. The number of benzene rings is 2. The molecular formula is C27H33N5O7S. The topological polar surface area (TPSA) is 207 Å². The number of para-hydroxylation sites is 1. The van der Waals surface area contributed by atoms with E-state index in [4.69, 9.17) is 5.73 Å². The number of hydrogen-bond donors (Lipinski definition) is 9. The van der Waals surface area contributed by atoms with Crippen LogP contribution in [0.4, 0.5) is 0 Å². The third-order valence-electron chi connectivity index (χ3n) is 6.32. The lowest BCUT2D eigenvalue weighted by molar-refractivity contribution is -0.145. The fourth-order valence-electron chi connectivity index (χ4n) is 4.10. The van der Waals surface area contributed by atoms with Crippen LogP contribution in [0.15, 0.2) is 54.7 Å². The molecule has 0 fully saturated rings. The third-order valence-corrected chi connectivity index (χ3v) is 6.69. The number of aliphatic hydroxyl groups excluding tert-OH is 1. The van der Waals surface area contributed by atoms with E-state index in [1.165, 1.54) is 19.1 Å². The fraction of sp³-hybridized carbons (Fsp3) is 0.333. The van der Waals surface area contributed by atoms with E-state index < -0.39 is 54.0 Å². The molecule has 0 radical (unpaired) electrons. The molecule has 9 N–H and O–H groups in total. The number of nitrogens with one attached hydrogen (secondary N) is 4. The van der Waals surface area contributed by atoms with Crippen LogP contribution in [0.5, 0.6) is 5.75 Å². The van der Waals surface area contributed by atoms with Crippen LogP contribution in [0.1, 0.15) is 18.1 Å². The van der Waals surface area contributed by atoms with Crippen LogP contribution < -0.4 is 21.7 Å². The molecule has 1 heterocycles. The lowest BCUT2D eigenvalue weighted by atomic mass is 10.0. The van der Waals surface area contributed by atoms with Crippen LogP contribution in [0.25, 0.3) is 10.9 Å². The first-order valence-corrected chi connectivity index (χ1v) is 13.1. The zero-order valence-corrected chi connectivity index (χ0v) is 22.6. The van der Waals surface area contributed by atoms with E-state index in [0.29, 0.717) is 5.56 Å². The fourth-order valence-corrected chi connectivity index (χ4v) is 4.35. The van der Waals surface area contributed by atoms with Gasteiger partial charge in [-0.05, 0) is 42.7 Å². The van der Waals surface area contributed by atoms with Crippen molar-refractivity contribution in [3.63, 3.8) is 0 Å². The predicted molar refractivity (Wildman–Crippen MR) is 151 cm³/mol. The van der Waals surface area contributed by atoms with E-state index >= 15 is 0 Å². The minimum Gasteiger partial charge on any atom is -0.508 e. The highest BCUT2D eigenvalue weighted by molar-refractivity contribution is 7.80. The van der Waals surface area contributed by atoms with Crippen molar-refractivity contribution in [1.82, 2.24) is 20.9 Å². The minimum absolute atomic E-state index is 0.0554. The summed E-state index contributed by atoms with van der Waals surface area (Å²) in [5.74, 6) is -3.74. The summed E-state index contributed by atoms with van der Waals surface area (Å²) < 4.78 is 0. The van der Waals surface area contributed by atoms with E-state index in [0.717, 1.165) is 16.5 Å². The molecule has 12 nitrogen and oxygen atoms in total. The van der Waals surface area contributed by atoms with Crippen LogP contribution in [-0.2, 0) is 32.0 Å². The number of aliphatic hydroxyl groups is 1. The maximum Gasteiger partial charge on any atom is 0.328 e. The largest absolute Gasteiger partial charge is 0.508 e. The first-order valence-electron chi connectivity index (χ1n) is 12.5. The van der Waals surface area contributed by atoms with E-state index in [9.17, 15) is 34.5 Å². The molecule has 1 aromatic heterocycles. The van der Waals surface area contributed by atoms with E-state index in [1.807, 2.05) is 24.3 Å². The predicted octanol–water partition coefficient (Wildman–Crippen LogP) is -0.164. The minimum atomic E-state index is -1.59. The molecule has 214 valence electrons. The number of rotatable bonds is 13. The Morgan fingerprint density at radius 2 is 1.55 bits per heavy atom. The lowest BCUT2D eigenvalue weighted by Crippen LogP contribution is -2.59. The molecule has 0 saturated heterocycles. The van der Waals surface area contributed by atoms with Gasteiger partial charge in [0.05, 0.1) is 12.1 Å². The number of carbonyl (C=O) groups excluding carboxylic acids is 3. The molecule has 40 heavy (non-hydrogen) atoms. The van der Waals surface area contributed by atoms with Crippen molar-refractivity contribution in [2.45, 2.75) is 50.0 Å². The van der Waals surface area contributed by atoms with Gasteiger partial charge in [-0.25, -0.2) is 4.79 Å². The van der Waals surface area contributed by atoms with E-state index in [-0.39, 0.29) is 24.3 Å². The van der Waals surface area contributed by atoms with E-state index in [2.05, 4.69) is 33.6 Å². The number of carbonyl (C=O) groups is 4. The number of aromatic hydroxyl groups is 1. The molecule has 0 spiro atoms. The van der Waals surface area contributed by atoms with Crippen molar-refractivity contribution < 1.29 is 34.5 Å². The summed E-state index contributed by atoms with van der Waals surface area (Å²) in [5, 5.41) is 36.6. The number of nitrogens with two attached hydrogens (primary N) is 1. The number of amides is 3. The Morgan fingerprint density at radius 3 is 2.17 bits per heavy atom. The molecule has 3 amide bonds. The average Bonchev–Trinajstić information content (AvgIpc) is 3.33. The van der Waals surface area contributed by atoms with Gasteiger partial charge in [-0.1, -0.05) is 30.3 Å². The number of aliphatic carboxylic acids is 1. The summed E-state index contributed by atoms with van der Waals surface area (Å²) in [4.78, 5) is 53.7. The standard InChI is InChI=1S/C27H33N5O7S/c1-14(33)23(27(38)39)32-26(37)22(13-40)31-25(36)21(11-16-12-29-20-5-3-2-4-18(16)20)30-24(35)19(28)10-15-6-8-17(34)9-7-15/h2-9,12,14,19,21-23,29,33-34,40H,10-11,13,28H2,1H3,(H,30,35)(H,31,36)(H,32,37)(H,38,39). The molecule has 0 aliphatic rings. The number of aromatic amines is 1. The van der Waals surface area contributed by atoms with Crippen molar-refractivity contribution >= 4 is 47.2 Å². The third kappa shape index (κ3) is 7.97. The van der Waals surface area contributed by atoms with Crippen molar-refractivity contribution in [1.29, 1.82) is 0 Å². The van der Waals surface area contributed by atoms with Gasteiger partial charge in [-0.3, -0.25) is 14.4 Å². The normalized spacial score (nSPS) is 14.9. The van der Waals surface area contributed by atoms with Crippen LogP contribution >= 0.6 is 12.6 Å². The molecule has 0 saturated carbocycles. The molecule has 13 heteroatoms. The van der Waals surface area contributed by atoms with Gasteiger partial charge >= 0.3 is 5.97 Å². The summed E-state index contributed by atoms with van der Waals surface area (Å²) >= 11 is 4.11. The van der Waals surface area contributed by atoms with Crippen LogP contribution in [0, 0.1) is 0 Å². The summed E-state index contributed by atoms with van der Waals surface area (Å²) in [6.45, 7) is 1.21. The molecule has 0 aliphatic heterocycles. The zero-order chi connectivity index (χ0) is 29.4. The number of fused-ring (bicyclic) bond motifs is 1. The SMILES string of the molecule is CC(O)C(NC(=O)C(CS)NC(=O)C(Cc1c[nH]c2ccccc12)NC(=O)C(N)Cc1ccc(O)cc1)C(=O)O. The Hall–Kier alpha value is -4.07. The number of H-pyrrole nitrogens is 1. The van der Waals surface area contributed by atoms with E-state index in [1.54, 1.807) is 18.3 Å². The van der Waals surface area contributed by atoms with Crippen LogP contribution in [0.3, 0.4) is 0 Å². The van der Waals surface area contributed by atoms with Gasteiger partial charge in [-0.2, -0.15) is 12.6 Å². The van der Waals surface area contributed by atoms with Gasteiger partial charge in [0.2, 0.25) is 17.7 Å². The summed E-state index contributed by atoms with van der Waals surface area (Å²) in [6.07, 6.45) is 0.531. The molecule has 2 aromatic carbocycles. The highest BCUT2D eigenvalue weighted by Crippen LogP contribution is 2.19. The van der Waals surface area contributed by atoms with Crippen LogP contribution in [0.2, 0.25) is 0 Å². The first-order chi connectivity index (χ1) is 19.0. The average molecular weight is 572 g/mol. The van der Waals surface area contributed by atoms with Crippen molar-refractivity contribution in [3.05, 3.63) is 65.9 Å². The number of thiol groups is 1. The molecule has 5 atom stereocenters. The smallest absolute Gasteiger partial charge is 0.328 e. The Kier molecular flexibility index (Phi) is 10.5. The van der Waals surface area contributed by atoms with Gasteiger partial charge in [0.1, 0.15) is 17.8 Å². The molecule has 3 aromatic rings. The number of hydrogen-bond acceptors (Lipinski definition) is 8. The van der Waals surface area contributed by atoms with Crippen molar-refractivity contribution in [3.8, 4) is 5.75 Å². The van der Waals surface area contributed by atoms with Crippen molar-refractivity contribution in [2.24, 2.45) is 5.73 Å². The monoisotopic (exact) mass is 571 g/mol. The lowest BCUT2D eigenvalue weighted by Gasteiger charge is -2.25. The Balaban J connectivity index is 1.79. The number of phenols is 1. The molecule has 0 bridgehead atoms. The maximum atomic E-state index is 13.4. The Bertz CT molecular complexity index is 1340.